The quantitative estimate of drug-likeness (QED) is 0.885. The van der Waals surface area contributed by atoms with Gasteiger partial charge in [0.15, 0.2) is 0 Å². The summed E-state index contributed by atoms with van der Waals surface area (Å²) in [5.74, 6) is -0.230. The topological polar surface area (TPSA) is 79.4 Å². The summed E-state index contributed by atoms with van der Waals surface area (Å²) in [5.41, 5.74) is 1.19. The fourth-order valence-electron chi connectivity index (χ4n) is 2.96. The Labute approximate surface area is 151 Å². The maximum absolute atomic E-state index is 12.8. The van der Waals surface area contributed by atoms with Crippen LogP contribution in [0.3, 0.4) is 0 Å². The molecule has 1 N–H and O–H groups in total. The first-order valence-electron chi connectivity index (χ1n) is 8.08. The van der Waals surface area contributed by atoms with E-state index in [1.165, 1.54) is 17.0 Å². The maximum atomic E-state index is 12.8. The number of sulfonamides is 1. The minimum atomic E-state index is -3.73. The van der Waals surface area contributed by atoms with Gasteiger partial charge in [-0.05, 0) is 44.4 Å². The summed E-state index contributed by atoms with van der Waals surface area (Å²) in [4.78, 5) is 19.3. The Hall–Kier alpha value is -1.77. The van der Waals surface area contributed by atoms with E-state index in [1.54, 1.807) is 37.6 Å². The van der Waals surface area contributed by atoms with Crippen LogP contribution < -0.4 is 4.72 Å². The van der Waals surface area contributed by atoms with Gasteiger partial charge >= 0.3 is 0 Å². The molecule has 1 atom stereocenters. The highest BCUT2D eigenvalue weighted by Crippen LogP contribution is 2.34. The number of aryl methyl sites for hydroxylation is 2. The molecular weight excluding hydrogens is 358 g/mol. The van der Waals surface area contributed by atoms with Crippen molar-refractivity contribution in [1.29, 1.82) is 0 Å². The summed E-state index contributed by atoms with van der Waals surface area (Å²) < 4.78 is 28.4. The van der Waals surface area contributed by atoms with Gasteiger partial charge in [-0.1, -0.05) is 6.07 Å². The number of fused-ring (bicyclic) bond motifs is 1. The summed E-state index contributed by atoms with van der Waals surface area (Å²) in [7, 11) is -0.462. The predicted octanol–water partition coefficient (Wildman–Crippen LogP) is 2.51. The number of amides is 1. The van der Waals surface area contributed by atoms with Crippen LogP contribution in [0.1, 0.15) is 44.8 Å². The molecule has 0 bridgehead atoms. The van der Waals surface area contributed by atoms with Gasteiger partial charge in [0.2, 0.25) is 10.0 Å². The van der Waals surface area contributed by atoms with Gasteiger partial charge in [-0.3, -0.25) is 4.79 Å². The molecule has 1 heterocycles. The Morgan fingerprint density at radius 1 is 1.36 bits per heavy atom. The SMILES string of the molecule is Cc1nc2c(s1)CCCC2NS(=O)(=O)c1cccc(C(=O)N(C)C)c1. The Morgan fingerprint density at radius 2 is 2.12 bits per heavy atom. The third kappa shape index (κ3) is 3.75. The van der Waals surface area contributed by atoms with Gasteiger partial charge in [0.1, 0.15) is 0 Å². The molecule has 6 nitrogen and oxygen atoms in total. The second kappa shape index (κ2) is 6.86. The van der Waals surface area contributed by atoms with Crippen molar-refractivity contribution in [3.05, 3.63) is 45.4 Å². The monoisotopic (exact) mass is 379 g/mol. The largest absolute Gasteiger partial charge is 0.345 e. The van der Waals surface area contributed by atoms with Crippen molar-refractivity contribution in [3.8, 4) is 0 Å². The van der Waals surface area contributed by atoms with Gasteiger partial charge in [0.25, 0.3) is 5.91 Å². The smallest absolute Gasteiger partial charge is 0.253 e. The summed E-state index contributed by atoms with van der Waals surface area (Å²) in [6, 6.07) is 5.81. The molecule has 3 rings (SSSR count). The number of hydrogen-bond donors (Lipinski definition) is 1. The summed E-state index contributed by atoms with van der Waals surface area (Å²) in [5, 5.41) is 0.953. The van der Waals surface area contributed by atoms with Gasteiger partial charge in [-0.15, -0.1) is 11.3 Å². The normalized spacial score (nSPS) is 17.2. The number of nitrogens with one attached hydrogen (secondary N) is 1. The molecule has 0 spiro atoms. The predicted molar refractivity (Wildman–Crippen MR) is 97.3 cm³/mol. The van der Waals surface area contributed by atoms with Gasteiger partial charge in [-0.2, -0.15) is 0 Å². The molecule has 0 radical (unpaired) electrons. The second-order valence-corrected chi connectivity index (χ2v) is 9.34. The molecule has 8 heteroatoms. The van der Waals surface area contributed by atoms with E-state index in [0.29, 0.717) is 5.56 Å². The zero-order chi connectivity index (χ0) is 18.2. The average molecular weight is 380 g/mol. The second-order valence-electron chi connectivity index (χ2n) is 6.33. The van der Waals surface area contributed by atoms with E-state index in [-0.39, 0.29) is 16.8 Å². The molecule has 0 saturated carbocycles. The molecule has 134 valence electrons. The lowest BCUT2D eigenvalue weighted by atomic mass is 9.99. The molecule has 1 aromatic carbocycles. The fourth-order valence-corrected chi connectivity index (χ4v) is 5.28. The zero-order valence-electron chi connectivity index (χ0n) is 14.4. The van der Waals surface area contributed by atoms with Crippen LogP contribution in [0.4, 0.5) is 0 Å². The van der Waals surface area contributed by atoms with Crippen molar-refractivity contribution in [2.75, 3.05) is 14.1 Å². The van der Waals surface area contributed by atoms with Crippen molar-refractivity contribution >= 4 is 27.3 Å². The molecular formula is C17H21N3O3S2. The highest BCUT2D eigenvalue weighted by atomic mass is 32.2. The number of nitrogens with zero attached hydrogens (tertiary/aromatic N) is 2. The van der Waals surface area contributed by atoms with Crippen LogP contribution in [0.2, 0.25) is 0 Å². The number of carbonyl (C=O) groups excluding carboxylic acids is 1. The molecule has 0 aliphatic heterocycles. The molecule has 25 heavy (non-hydrogen) atoms. The Kier molecular flexibility index (Phi) is 4.95. The van der Waals surface area contributed by atoms with Crippen LogP contribution in [0.5, 0.6) is 0 Å². The number of aromatic nitrogens is 1. The number of benzene rings is 1. The minimum absolute atomic E-state index is 0.0966. The van der Waals surface area contributed by atoms with Crippen molar-refractivity contribution in [2.45, 2.75) is 37.1 Å². The standard InChI is InChI=1S/C17H21N3O3S2/c1-11-18-16-14(8-5-9-15(16)24-11)19-25(22,23)13-7-4-6-12(10-13)17(21)20(2)3/h4,6-7,10,14,19H,5,8-9H2,1-3H3. The maximum Gasteiger partial charge on any atom is 0.253 e. The van der Waals surface area contributed by atoms with Crippen molar-refractivity contribution in [2.24, 2.45) is 0 Å². The molecule has 2 aromatic rings. The number of hydrogen-bond acceptors (Lipinski definition) is 5. The van der Waals surface area contributed by atoms with Crippen LogP contribution in [0, 0.1) is 6.92 Å². The third-order valence-corrected chi connectivity index (χ3v) is 6.67. The van der Waals surface area contributed by atoms with E-state index in [2.05, 4.69) is 9.71 Å². The molecule has 1 unspecified atom stereocenters. The summed E-state index contributed by atoms with van der Waals surface area (Å²) in [6.07, 6.45) is 2.61. The highest BCUT2D eigenvalue weighted by molar-refractivity contribution is 7.89. The molecule has 0 saturated heterocycles. The van der Waals surface area contributed by atoms with Crippen LogP contribution in [0.15, 0.2) is 29.2 Å². The molecule has 1 aliphatic rings. The lowest BCUT2D eigenvalue weighted by Gasteiger charge is -2.22. The van der Waals surface area contributed by atoms with Gasteiger partial charge in [0.05, 0.1) is 21.6 Å². The van der Waals surface area contributed by atoms with Crippen molar-refractivity contribution in [1.82, 2.24) is 14.6 Å². The van der Waals surface area contributed by atoms with E-state index < -0.39 is 10.0 Å². The van der Waals surface area contributed by atoms with E-state index in [9.17, 15) is 13.2 Å². The minimum Gasteiger partial charge on any atom is -0.345 e. The third-order valence-electron chi connectivity index (χ3n) is 4.16. The van der Waals surface area contributed by atoms with Crippen molar-refractivity contribution in [3.63, 3.8) is 0 Å². The Balaban J connectivity index is 1.88. The van der Waals surface area contributed by atoms with E-state index >= 15 is 0 Å². The molecule has 1 amide bonds. The number of thiazole rings is 1. The van der Waals surface area contributed by atoms with Gasteiger partial charge in [-0.25, -0.2) is 18.1 Å². The van der Waals surface area contributed by atoms with Crippen molar-refractivity contribution < 1.29 is 13.2 Å². The molecule has 1 aromatic heterocycles. The Morgan fingerprint density at radius 3 is 2.84 bits per heavy atom. The van der Waals surface area contributed by atoms with E-state index in [4.69, 9.17) is 0 Å². The first kappa shape index (κ1) is 18.0. The highest BCUT2D eigenvalue weighted by Gasteiger charge is 2.29. The average Bonchev–Trinajstić information content (AvgIpc) is 2.95. The van der Waals surface area contributed by atoms with Crippen LogP contribution in [-0.4, -0.2) is 38.3 Å². The lowest BCUT2D eigenvalue weighted by Crippen LogP contribution is -2.31. The molecule has 0 fully saturated rings. The van der Waals surface area contributed by atoms with E-state index in [1.807, 2.05) is 6.92 Å². The van der Waals surface area contributed by atoms with Crippen LogP contribution in [0.25, 0.3) is 0 Å². The zero-order valence-corrected chi connectivity index (χ0v) is 16.1. The van der Waals surface area contributed by atoms with E-state index in [0.717, 1.165) is 34.8 Å². The fraction of sp³-hybridized carbons (Fsp3) is 0.412. The lowest BCUT2D eigenvalue weighted by molar-refractivity contribution is 0.0827. The Bertz CT molecular complexity index is 904. The molecule has 1 aliphatic carbocycles. The summed E-state index contributed by atoms with van der Waals surface area (Å²) in [6.45, 7) is 1.94. The van der Waals surface area contributed by atoms with Gasteiger partial charge < -0.3 is 4.90 Å². The van der Waals surface area contributed by atoms with Crippen LogP contribution >= 0.6 is 11.3 Å². The van der Waals surface area contributed by atoms with Crippen LogP contribution in [-0.2, 0) is 16.4 Å². The number of carbonyl (C=O) groups is 1. The first-order valence-corrected chi connectivity index (χ1v) is 10.4. The number of rotatable bonds is 4. The first-order chi connectivity index (χ1) is 11.8. The van der Waals surface area contributed by atoms with Gasteiger partial charge in [0, 0.05) is 24.5 Å². The summed E-state index contributed by atoms with van der Waals surface area (Å²) >= 11 is 1.63.